The van der Waals surface area contributed by atoms with Crippen LogP contribution in [-0.4, -0.2) is 27.6 Å². The first-order chi connectivity index (χ1) is 9.55. The van der Waals surface area contributed by atoms with E-state index in [2.05, 4.69) is 15.3 Å². The first-order valence-corrected chi connectivity index (χ1v) is 6.63. The van der Waals surface area contributed by atoms with Crippen LogP contribution in [-0.2, 0) is 12.7 Å². The van der Waals surface area contributed by atoms with E-state index in [-0.39, 0.29) is 5.92 Å². The minimum absolute atomic E-state index is 0.253. The number of piperidine rings is 1. The molecule has 1 aliphatic rings. The summed E-state index contributed by atoms with van der Waals surface area (Å²) in [5.74, 6) is 0.253. The fourth-order valence-electron chi connectivity index (χ4n) is 2.74. The van der Waals surface area contributed by atoms with Crippen LogP contribution in [0, 0.1) is 5.92 Å². The van der Waals surface area contributed by atoms with Crippen LogP contribution in [0.2, 0.25) is 0 Å². The van der Waals surface area contributed by atoms with Gasteiger partial charge in [0.05, 0.1) is 0 Å². The molecule has 2 aromatic rings. The van der Waals surface area contributed by atoms with E-state index in [1.807, 2.05) is 0 Å². The zero-order chi connectivity index (χ0) is 14.2. The van der Waals surface area contributed by atoms with Crippen LogP contribution in [0.15, 0.2) is 18.6 Å². The van der Waals surface area contributed by atoms with E-state index in [1.54, 1.807) is 0 Å². The van der Waals surface area contributed by atoms with E-state index in [0.717, 1.165) is 32.0 Å². The quantitative estimate of drug-likeness (QED) is 0.921. The third-order valence-electron chi connectivity index (χ3n) is 3.75. The highest BCUT2D eigenvalue weighted by molar-refractivity contribution is 5.76. The molecule has 1 N–H and O–H groups in total. The molecule has 0 spiro atoms. The molecule has 0 saturated carbocycles. The van der Waals surface area contributed by atoms with Gasteiger partial charge in [0.25, 0.3) is 0 Å². The van der Waals surface area contributed by atoms with Gasteiger partial charge in [-0.1, -0.05) is 0 Å². The average molecular weight is 284 g/mol. The summed E-state index contributed by atoms with van der Waals surface area (Å²) in [6.07, 6.45) is 0.135. The minimum Gasteiger partial charge on any atom is -0.321 e. The highest BCUT2D eigenvalue weighted by Gasteiger charge is 2.36. The number of hydrogen-bond donors (Lipinski definition) is 1. The molecular formula is C13H15F3N4. The largest absolute Gasteiger partial charge is 0.431 e. The summed E-state index contributed by atoms with van der Waals surface area (Å²) in [5.41, 5.74) is -0.266. The van der Waals surface area contributed by atoms with Crippen molar-refractivity contribution in [2.24, 2.45) is 5.92 Å². The van der Waals surface area contributed by atoms with Crippen molar-refractivity contribution in [2.75, 3.05) is 13.1 Å². The summed E-state index contributed by atoms with van der Waals surface area (Å²) in [6, 6.07) is 1.14. The molecule has 7 heteroatoms. The summed E-state index contributed by atoms with van der Waals surface area (Å²) in [5, 5.41) is 3.66. The predicted octanol–water partition coefficient (Wildman–Crippen LogP) is 2.45. The van der Waals surface area contributed by atoms with Gasteiger partial charge in [0.1, 0.15) is 17.7 Å². The minimum atomic E-state index is -4.37. The Kier molecular flexibility index (Phi) is 3.37. The van der Waals surface area contributed by atoms with Crippen molar-refractivity contribution in [1.82, 2.24) is 19.9 Å². The molecule has 0 radical (unpaired) electrons. The molecule has 3 rings (SSSR count). The maximum atomic E-state index is 13.2. The van der Waals surface area contributed by atoms with Gasteiger partial charge in [-0.2, -0.15) is 13.2 Å². The van der Waals surface area contributed by atoms with E-state index < -0.39 is 11.9 Å². The Hall–Kier alpha value is -1.63. The van der Waals surface area contributed by atoms with Crippen molar-refractivity contribution in [3.63, 3.8) is 0 Å². The van der Waals surface area contributed by atoms with Gasteiger partial charge in [0, 0.05) is 18.1 Å². The lowest BCUT2D eigenvalue weighted by Crippen LogP contribution is -2.30. The summed E-state index contributed by atoms with van der Waals surface area (Å²) >= 11 is 0. The fraction of sp³-hybridized carbons (Fsp3) is 0.538. The Morgan fingerprint density at radius 2 is 2.05 bits per heavy atom. The lowest BCUT2D eigenvalue weighted by molar-refractivity contribution is -0.143. The van der Waals surface area contributed by atoms with Crippen LogP contribution < -0.4 is 5.32 Å². The zero-order valence-electron chi connectivity index (χ0n) is 10.8. The molecule has 108 valence electrons. The van der Waals surface area contributed by atoms with Crippen molar-refractivity contribution < 1.29 is 13.2 Å². The number of nitrogens with one attached hydrogen (secondary N) is 1. The molecule has 20 heavy (non-hydrogen) atoms. The molecule has 0 aromatic carbocycles. The first kappa shape index (κ1) is 13.4. The molecule has 0 unspecified atom stereocenters. The molecule has 1 fully saturated rings. The van der Waals surface area contributed by atoms with Crippen LogP contribution >= 0.6 is 0 Å². The Balaban J connectivity index is 2.01. The summed E-state index contributed by atoms with van der Waals surface area (Å²) in [6.45, 7) is 2.08. The maximum absolute atomic E-state index is 13.2. The van der Waals surface area contributed by atoms with Gasteiger partial charge in [-0.3, -0.25) is 0 Å². The molecule has 4 nitrogen and oxygen atoms in total. The van der Waals surface area contributed by atoms with Crippen molar-refractivity contribution in [2.45, 2.75) is 25.6 Å². The average Bonchev–Trinajstić information content (AvgIpc) is 2.79. The molecule has 2 aromatic heterocycles. The van der Waals surface area contributed by atoms with Gasteiger partial charge < -0.3 is 9.88 Å². The van der Waals surface area contributed by atoms with E-state index in [9.17, 15) is 13.2 Å². The number of alkyl halides is 3. The number of hydrogen-bond acceptors (Lipinski definition) is 3. The molecule has 0 atom stereocenters. The smallest absolute Gasteiger partial charge is 0.321 e. The Morgan fingerprint density at radius 1 is 1.30 bits per heavy atom. The van der Waals surface area contributed by atoms with Crippen LogP contribution in [0.25, 0.3) is 11.0 Å². The van der Waals surface area contributed by atoms with E-state index in [4.69, 9.17) is 0 Å². The van der Waals surface area contributed by atoms with Crippen molar-refractivity contribution in [1.29, 1.82) is 0 Å². The summed E-state index contributed by atoms with van der Waals surface area (Å²) in [7, 11) is 0. The highest BCUT2D eigenvalue weighted by atomic mass is 19.4. The van der Waals surface area contributed by atoms with E-state index in [1.165, 1.54) is 17.1 Å². The first-order valence-electron chi connectivity index (χ1n) is 6.63. The zero-order valence-corrected chi connectivity index (χ0v) is 10.8. The highest BCUT2D eigenvalue weighted by Crippen LogP contribution is 2.34. The third kappa shape index (κ3) is 2.49. The molecule has 0 amide bonds. The second-order valence-corrected chi connectivity index (χ2v) is 5.13. The molecule has 1 aliphatic heterocycles. The number of rotatable bonds is 2. The summed E-state index contributed by atoms with van der Waals surface area (Å²) in [4.78, 5) is 7.81. The van der Waals surface area contributed by atoms with Gasteiger partial charge >= 0.3 is 6.18 Å². The van der Waals surface area contributed by atoms with E-state index in [0.29, 0.717) is 17.6 Å². The number of fused-ring (bicyclic) bond motifs is 1. The van der Waals surface area contributed by atoms with Crippen LogP contribution in [0.4, 0.5) is 13.2 Å². The monoisotopic (exact) mass is 284 g/mol. The standard InChI is InChI=1S/C13H15F3N4/c14-13(15,16)11-5-10-6-18-8-19-12(10)20(11)7-9-1-3-17-4-2-9/h5-6,8-9,17H,1-4,7H2. The second kappa shape index (κ2) is 5.05. The number of nitrogens with zero attached hydrogens (tertiary/aromatic N) is 3. The van der Waals surface area contributed by atoms with Gasteiger partial charge in [-0.25, -0.2) is 9.97 Å². The molecule has 0 bridgehead atoms. The molecule has 3 heterocycles. The lowest BCUT2D eigenvalue weighted by atomic mass is 9.98. The predicted molar refractivity (Wildman–Crippen MR) is 68.1 cm³/mol. The Labute approximate surface area is 114 Å². The van der Waals surface area contributed by atoms with Gasteiger partial charge in [-0.15, -0.1) is 0 Å². The fourth-order valence-corrected chi connectivity index (χ4v) is 2.74. The number of halogens is 3. The third-order valence-corrected chi connectivity index (χ3v) is 3.75. The Morgan fingerprint density at radius 3 is 2.75 bits per heavy atom. The van der Waals surface area contributed by atoms with Crippen molar-refractivity contribution >= 4 is 11.0 Å². The van der Waals surface area contributed by atoms with Crippen molar-refractivity contribution in [3.8, 4) is 0 Å². The normalized spacial score (nSPS) is 17.8. The van der Waals surface area contributed by atoms with Gasteiger partial charge in [-0.05, 0) is 37.9 Å². The molecule has 0 aliphatic carbocycles. The topological polar surface area (TPSA) is 42.7 Å². The maximum Gasteiger partial charge on any atom is 0.431 e. The van der Waals surface area contributed by atoms with Gasteiger partial charge in [0.15, 0.2) is 0 Å². The van der Waals surface area contributed by atoms with Crippen molar-refractivity contribution in [3.05, 3.63) is 24.3 Å². The van der Waals surface area contributed by atoms with Crippen LogP contribution in [0.1, 0.15) is 18.5 Å². The van der Waals surface area contributed by atoms with Crippen LogP contribution in [0.5, 0.6) is 0 Å². The van der Waals surface area contributed by atoms with E-state index >= 15 is 0 Å². The SMILES string of the molecule is FC(F)(F)c1cc2cncnc2n1CC1CCNCC1. The molecule has 1 saturated heterocycles. The Bertz CT molecular complexity index is 599. The molecular weight excluding hydrogens is 269 g/mol. The second-order valence-electron chi connectivity index (χ2n) is 5.13. The van der Waals surface area contributed by atoms with Crippen LogP contribution in [0.3, 0.4) is 0 Å². The lowest BCUT2D eigenvalue weighted by Gasteiger charge is -2.24. The van der Waals surface area contributed by atoms with Gasteiger partial charge in [0.2, 0.25) is 0 Å². The summed E-state index contributed by atoms with van der Waals surface area (Å²) < 4.78 is 40.8. The number of aromatic nitrogens is 3.